The molecule has 4 aromatic rings. The second-order valence-corrected chi connectivity index (χ2v) is 7.44. The summed E-state index contributed by atoms with van der Waals surface area (Å²) in [5.74, 6) is 0.211. The molecule has 0 fully saturated rings. The van der Waals surface area contributed by atoms with Crippen LogP contribution in [0.15, 0.2) is 90.9 Å². The average molecular weight is 450 g/mol. The van der Waals surface area contributed by atoms with Crippen LogP contribution in [0.1, 0.15) is 18.1 Å². The molecular formula is C27H23N5O2. The SMILES string of the molecule is CCOc1ccc(NC(=O)C(C#N)=Cc2cn(Cc3ccccc3)nc2-c2cccnc2)cc1. The van der Waals surface area contributed by atoms with Crippen LogP contribution < -0.4 is 10.1 Å². The first-order chi connectivity index (χ1) is 16.7. The number of nitrogens with zero attached hydrogens (tertiary/aromatic N) is 4. The van der Waals surface area contributed by atoms with Gasteiger partial charge in [-0.15, -0.1) is 0 Å². The van der Waals surface area contributed by atoms with Crippen molar-refractivity contribution in [3.05, 3.63) is 102 Å². The van der Waals surface area contributed by atoms with Gasteiger partial charge in [0.1, 0.15) is 23.1 Å². The lowest BCUT2D eigenvalue weighted by Crippen LogP contribution is -2.13. The van der Waals surface area contributed by atoms with E-state index in [4.69, 9.17) is 9.84 Å². The Morgan fingerprint density at radius 2 is 1.91 bits per heavy atom. The third kappa shape index (κ3) is 5.56. The number of carbonyl (C=O) groups is 1. The molecule has 2 heterocycles. The lowest BCUT2D eigenvalue weighted by molar-refractivity contribution is -0.112. The maximum absolute atomic E-state index is 12.8. The van der Waals surface area contributed by atoms with Crippen LogP contribution in [0.3, 0.4) is 0 Å². The van der Waals surface area contributed by atoms with Crippen LogP contribution in [0.4, 0.5) is 5.69 Å². The van der Waals surface area contributed by atoms with E-state index in [1.807, 2.05) is 61.7 Å². The molecule has 0 saturated heterocycles. The molecule has 0 spiro atoms. The van der Waals surface area contributed by atoms with Crippen LogP contribution in [0, 0.1) is 11.3 Å². The third-order valence-corrected chi connectivity index (χ3v) is 5.00. The van der Waals surface area contributed by atoms with Crippen molar-refractivity contribution in [3.8, 4) is 23.1 Å². The van der Waals surface area contributed by atoms with E-state index in [9.17, 15) is 10.1 Å². The topological polar surface area (TPSA) is 92.8 Å². The molecule has 0 aliphatic carbocycles. The molecule has 34 heavy (non-hydrogen) atoms. The van der Waals surface area contributed by atoms with Crippen LogP contribution in [0.5, 0.6) is 5.75 Å². The maximum atomic E-state index is 12.8. The normalized spacial score (nSPS) is 11.0. The first-order valence-corrected chi connectivity index (χ1v) is 10.8. The highest BCUT2D eigenvalue weighted by atomic mass is 16.5. The lowest BCUT2D eigenvalue weighted by atomic mass is 10.1. The van der Waals surface area contributed by atoms with Crippen molar-refractivity contribution in [2.24, 2.45) is 0 Å². The minimum absolute atomic E-state index is 0.0294. The Labute approximate surface area is 198 Å². The van der Waals surface area contributed by atoms with Crippen molar-refractivity contribution in [2.75, 3.05) is 11.9 Å². The van der Waals surface area contributed by atoms with E-state index in [0.717, 1.165) is 11.1 Å². The Balaban J connectivity index is 1.63. The number of hydrogen-bond acceptors (Lipinski definition) is 5. The average Bonchev–Trinajstić information content (AvgIpc) is 3.27. The van der Waals surface area contributed by atoms with Crippen molar-refractivity contribution in [2.45, 2.75) is 13.5 Å². The monoisotopic (exact) mass is 449 g/mol. The fourth-order valence-corrected chi connectivity index (χ4v) is 3.42. The third-order valence-electron chi connectivity index (χ3n) is 5.00. The molecule has 0 aliphatic rings. The van der Waals surface area contributed by atoms with Gasteiger partial charge in [-0.2, -0.15) is 10.4 Å². The second kappa shape index (κ2) is 10.7. The van der Waals surface area contributed by atoms with E-state index >= 15 is 0 Å². The second-order valence-electron chi connectivity index (χ2n) is 7.44. The summed E-state index contributed by atoms with van der Waals surface area (Å²) in [6.07, 6.45) is 6.78. The summed E-state index contributed by atoms with van der Waals surface area (Å²) < 4.78 is 7.22. The molecule has 7 heteroatoms. The zero-order valence-corrected chi connectivity index (χ0v) is 18.7. The van der Waals surface area contributed by atoms with E-state index in [-0.39, 0.29) is 5.57 Å². The smallest absolute Gasteiger partial charge is 0.266 e. The van der Waals surface area contributed by atoms with Gasteiger partial charge in [0.15, 0.2) is 0 Å². The number of rotatable bonds is 8. The van der Waals surface area contributed by atoms with Crippen molar-refractivity contribution in [3.63, 3.8) is 0 Å². The molecule has 4 rings (SSSR count). The van der Waals surface area contributed by atoms with Crippen LogP contribution in [-0.4, -0.2) is 27.3 Å². The zero-order chi connectivity index (χ0) is 23.8. The van der Waals surface area contributed by atoms with Crippen molar-refractivity contribution >= 4 is 17.7 Å². The van der Waals surface area contributed by atoms with E-state index < -0.39 is 5.91 Å². The number of pyridine rings is 1. The van der Waals surface area contributed by atoms with E-state index in [1.54, 1.807) is 47.4 Å². The van der Waals surface area contributed by atoms with Gasteiger partial charge in [-0.3, -0.25) is 14.5 Å². The fourth-order valence-electron chi connectivity index (χ4n) is 3.42. The molecular weight excluding hydrogens is 426 g/mol. The van der Waals surface area contributed by atoms with Gasteiger partial charge in [-0.25, -0.2) is 0 Å². The Kier molecular flexibility index (Phi) is 7.11. The quantitative estimate of drug-likeness (QED) is 0.304. The zero-order valence-electron chi connectivity index (χ0n) is 18.7. The summed E-state index contributed by atoms with van der Waals surface area (Å²) in [6.45, 7) is 3.02. The Bertz CT molecular complexity index is 1320. The highest BCUT2D eigenvalue weighted by Gasteiger charge is 2.15. The number of nitriles is 1. The molecule has 168 valence electrons. The van der Waals surface area contributed by atoms with E-state index in [0.29, 0.717) is 35.8 Å². The van der Waals surface area contributed by atoms with Gasteiger partial charge in [0.2, 0.25) is 0 Å². The minimum atomic E-state index is -0.500. The molecule has 1 amide bonds. The Hall–Kier alpha value is -4.70. The first kappa shape index (κ1) is 22.5. The standard InChI is InChI=1S/C27H23N5O2/c1-2-34-25-12-10-24(11-13-25)30-27(33)22(16-28)15-23-19-32(18-20-7-4-3-5-8-20)31-26(23)21-9-6-14-29-17-21/h3-15,17,19H,2,18H2,1H3,(H,30,33). The number of hydrogen-bond donors (Lipinski definition) is 1. The largest absolute Gasteiger partial charge is 0.494 e. The van der Waals surface area contributed by atoms with Crippen LogP contribution in [0.25, 0.3) is 17.3 Å². The minimum Gasteiger partial charge on any atom is -0.494 e. The van der Waals surface area contributed by atoms with Gasteiger partial charge in [-0.1, -0.05) is 30.3 Å². The molecule has 0 radical (unpaired) electrons. The maximum Gasteiger partial charge on any atom is 0.266 e. The number of benzene rings is 2. The molecule has 0 atom stereocenters. The molecule has 2 aromatic heterocycles. The van der Waals surface area contributed by atoms with Crippen molar-refractivity contribution in [1.82, 2.24) is 14.8 Å². The molecule has 7 nitrogen and oxygen atoms in total. The number of aromatic nitrogens is 3. The summed E-state index contributed by atoms with van der Waals surface area (Å²) in [5, 5.41) is 17.2. The number of anilines is 1. The van der Waals surface area contributed by atoms with E-state index in [2.05, 4.69) is 10.3 Å². The van der Waals surface area contributed by atoms with Gasteiger partial charge in [0.05, 0.1) is 13.2 Å². The molecule has 2 aromatic carbocycles. The summed E-state index contributed by atoms with van der Waals surface area (Å²) in [5.41, 5.74) is 3.73. The van der Waals surface area contributed by atoms with Gasteiger partial charge >= 0.3 is 0 Å². The van der Waals surface area contributed by atoms with Gasteiger partial charge < -0.3 is 10.1 Å². The highest BCUT2D eigenvalue weighted by molar-refractivity contribution is 6.10. The number of nitrogens with one attached hydrogen (secondary N) is 1. The van der Waals surface area contributed by atoms with Crippen molar-refractivity contribution in [1.29, 1.82) is 5.26 Å². The fraction of sp³-hybridized carbons (Fsp3) is 0.111. The predicted molar refractivity (Wildman–Crippen MR) is 131 cm³/mol. The number of amides is 1. The molecule has 0 saturated carbocycles. The van der Waals surface area contributed by atoms with Crippen LogP contribution in [0.2, 0.25) is 0 Å². The van der Waals surface area contributed by atoms with Gasteiger partial charge in [0, 0.05) is 35.4 Å². The summed E-state index contributed by atoms with van der Waals surface area (Å²) in [4.78, 5) is 17.0. The molecule has 0 aliphatic heterocycles. The number of carbonyl (C=O) groups excluding carboxylic acids is 1. The van der Waals surface area contributed by atoms with Gasteiger partial charge in [0.25, 0.3) is 5.91 Å². The van der Waals surface area contributed by atoms with Crippen LogP contribution in [-0.2, 0) is 11.3 Å². The van der Waals surface area contributed by atoms with Gasteiger partial charge in [-0.05, 0) is 55.0 Å². The highest BCUT2D eigenvalue weighted by Crippen LogP contribution is 2.24. The van der Waals surface area contributed by atoms with Crippen molar-refractivity contribution < 1.29 is 9.53 Å². The molecule has 0 unspecified atom stereocenters. The van der Waals surface area contributed by atoms with Crippen LogP contribution >= 0.6 is 0 Å². The Morgan fingerprint density at radius 1 is 1.12 bits per heavy atom. The molecule has 1 N–H and O–H groups in total. The lowest BCUT2D eigenvalue weighted by Gasteiger charge is -2.06. The summed E-state index contributed by atoms with van der Waals surface area (Å²) >= 11 is 0. The predicted octanol–water partition coefficient (Wildman–Crippen LogP) is 4.94. The first-order valence-electron chi connectivity index (χ1n) is 10.8. The number of ether oxygens (including phenoxy) is 1. The van der Waals surface area contributed by atoms with E-state index in [1.165, 1.54) is 0 Å². The summed E-state index contributed by atoms with van der Waals surface area (Å²) in [7, 11) is 0. The molecule has 0 bridgehead atoms. The Morgan fingerprint density at radius 3 is 2.59 bits per heavy atom. The summed E-state index contributed by atoms with van der Waals surface area (Å²) in [6, 6.07) is 22.7.